The number of thiophene rings is 1. The van der Waals surface area contributed by atoms with Crippen LogP contribution in [0.3, 0.4) is 0 Å². The Morgan fingerprint density at radius 2 is 2.13 bits per heavy atom. The van der Waals surface area contributed by atoms with Crippen molar-refractivity contribution in [1.29, 1.82) is 0 Å². The molecule has 1 amide bonds. The molecule has 3 nitrogen and oxygen atoms in total. The van der Waals surface area contributed by atoms with E-state index in [1.54, 1.807) is 7.05 Å². The van der Waals surface area contributed by atoms with Crippen LogP contribution in [0.1, 0.15) is 20.9 Å². The Kier molecular flexibility index (Phi) is 2.44. The molecule has 0 aliphatic rings. The van der Waals surface area contributed by atoms with Gasteiger partial charge in [-0.2, -0.15) is 0 Å². The van der Waals surface area contributed by atoms with Crippen LogP contribution in [0.25, 0.3) is 10.2 Å². The number of hydrogen-bond donors (Lipinski definition) is 1. The van der Waals surface area contributed by atoms with E-state index in [1.165, 1.54) is 16.9 Å². The van der Waals surface area contributed by atoms with Crippen molar-refractivity contribution in [1.82, 2.24) is 10.3 Å². The fourth-order valence-corrected chi connectivity index (χ4v) is 2.66. The van der Waals surface area contributed by atoms with Crippen molar-refractivity contribution in [3.05, 3.63) is 28.3 Å². The van der Waals surface area contributed by atoms with Gasteiger partial charge in [-0.1, -0.05) is 0 Å². The monoisotopic (exact) mass is 220 g/mol. The first-order valence-corrected chi connectivity index (χ1v) is 5.53. The number of nitrogens with one attached hydrogen (secondary N) is 1. The zero-order valence-corrected chi connectivity index (χ0v) is 9.73. The molecule has 0 aliphatic carbocycles. The van der Waals surface area contributed by atoms with E-state index in [2.05, 4.69) is 10.3 Å². The lowest BCUT2D eigenvalue weighted by molar-refractivity contribution is 0.0967. The molecule has 0 bridgehead atoms. The molecule has 2 heterocycles. The molecule has 0 atom stereocenters. The van der Waals surface area contributed by atoms with Crippen LogP contribution in [0.4, 0.5) is 0 Å². The third-order valence-corrected chi connectivity index (χ3v) is 3.32. The maximum Gasteiger partial charge on any atom is 0.261 e. The third kappa shape index (κ3) is 1.72. The van der Waals surface area contributed by atoms with Crippen LogP contribution in [0.15, 0.2) is 12.1 Å². The van der Waals surface area contributed by atoms with Gasteiger partial charge >= 0.3 is 0 Å². The zero-order chi connectivity index (χ0) is 11.0. The molecule has 78 valence electrons. The average molecular weight is 220 g/mol. The molecular formula is C11H12N2OS. The molecule has 2 aromatic rings. The number of amides is 1. The van der Waals surface area contributed by atoms with E-state index in [4.69, 9.17) is 0 Å². The lowest BCUT2D eigenvalue weighted by Gasteiger charge is -1.96. The van der Waals surface area contributed by atoms with Gasteiger partial charge in [-0.15, -0.1) is 11.3 Å². The van der Waals surface area contributed by atoms with Crippen LogP contribution in [-0.4, -0.2) is 17.9 Å². The highest BCUT2D eigenvalue weighted by Gasteiger charge is 2.10. The SMILES string of the molecule is CNC(=O)c1cc2c(C)cc(C)nc2s1. The van der Waals surface area contributed by atoms with Gasteiger partial charge in [-0.25, -0.2) is 4.98 Å². The summed E-state index contributed by atoms with van der Waals surface area (Å²) < 4.78 is 0. The Morgan fingerprint density at radius 1 is 1.40 bits per heavy atom. The summed E-state index contributed by atoms with van der Waals surface area (Å²) in [5.41, 5.74) is 2.16. The van der Waals surface area contributed by atoms with Gasteiger partial charge < -0.3 is 5.32 Å². The molecule has 1 N–H and O–H groups in total. The number of fused-ring (bicyclic) bond motifs is 1. The van der Waals surface area contributed by atoms with Crippen molar-refractivity contribution >= 4 is 27.5 Å². The number of aromatic nitrogens is 1. The first kappa shape index (κ1) is 10.1. The quantitative estimate of drug-likeness (QED) is 0.801. The Balaban J connectivity index is 2.65. The smallest absolute Gasteiger partial charge is 0.261 e. The predicted molar refractivity (Wildman–Crippen MR) is 62.5 cm³/mol. The molecule has 0 radical (unpaired) electrons. The van der Waals surface area contributed by atoms with Crippen LogP contribution < -0.4 is 5.32 Å². The molecule has 0 saturated carbocycles. The Morgan fingerprint density at radius 3 is 2.80 bits per heavy atom. The summed E-state index contributed by atoms with van der Waals surface area (Å²) in [6.07, 6.45) is 0. The van der Waals surface area contributed by atoms with Gasteiger partial charge in [0.25, 0.3) is 5.91 Å². The van der Waals surface area contributed by atoms with Crippen LogP contribution in [-0.2, 0) is 0 Å². The van der Waals surface area contributed by atoms with E-state index in [9.17, 15) is 4.79 Å². The summed E-state index contributed by atoms with van der Waals surface area (Å²) in [5.74, 6) is -0.0462. The van der Waals surface area contributed by atoms with Crippen molar-refractivity contribution in [2.45, 2.75) is 13.8 Å². The van der Waals surface area contributed by atoms with Gasteiger partial charge in [-0.05, 0) is 31.5 Å². The summed E-state index contributed by atoms with van der Waals surface area (Å²) in [5, 5.41) is 3.69. The maximum atomic E-state index is 11.5. The van der Waals surface area contributed by atoms with Gasteiger partial charge in [0.1, 0.15) is 4.83 Å². The van der Waals surface area contributed by atoms with Crippen molar-refractivity contribution in [2.24, 2.45) is 0 Å². The predicted octanol–water partition coefficient (Wildman–Crippen LogP) is 2.27. The first-order chi connectivity index (χ1) is 7.11. The zero-order valence-electron chi connectivity index (χ0n) is 8.92. The van der Waals surface area contributed by atoms with Gasteiger partial charge in [0.15, 0.2) is 0 Å². The molecule has 2 rings (SSSR count). The van der Waals surface area contributed by atoms with Crippen molar-refractivity contribution in [3.63, 3.8) is 0 Å². The number of hydrogen-bond acceptors (Lipinski definition) is 3. The number of carbonyl (C=O) groups is 1. The number of aryl methyl sites for hydroxylation is 2. The van der Waals surface area contributed by atoms with Gasteiger partial charge in [0.2, 0.25) is 0 Å². The summed E-state index contributed by atoms with van der Waals surface area (Å²) in [6, 6.07) is 3.93. The molecule has 0 aliphatic heterocycles. The molecule has 0 fully saturated rings. The summed E-state index contributed by atoms with van der Waals surface area (Å²) in [7, 11) is 1.64. The lowest BCUT2D eigenvalue weighted by atomic mass is 10.2. The van der Waals surface area contributed by atoms with E-state index in [-0.39, 0.29) is 5.91 Å². The molecule has 0 aromatic carbocycles. The minimum atomic E-state index is -0.0462. The number of carbonyl (C=O) groups excluding carboxylic acids is 1. The molecule has 2 aromatic heterocycles. The molecular weight excluding hydrogens is 208 g/mol. The van der Waals surface area contributed by atoms with Gasteiger partial charge in [-0.3, -0.25) is 4.79 Å². The second-order valence-corrected chi connectivity index (χ2v) is 4.52. The molecule has 0 unspecified atom stereocenters. The Bertz CT molecular complexity index is 531. The Labute approximate surface area is 92.1 Å². The molecule has 0 spiro atoms. The van der Waals surface area contributed by atoms with Crippen molar-refractivity contribution in [2.75, 3.05) is 7.05 Å². The van der Waals surface area contributed by atoms with E-state index < -0.39 is 0 Å². The standard InChI is InChI=1S/C11H12N2OS/c1-6-4-7(2)13-11-8(6)5-9(15-11)10(14)12-3/h4-5H,1-3H3,(H,12,14). The minimum absolute atomic E-state index is 0.0462. The van der Waals surface area contributed by atoms with Crippen LogP contribution in [0.2, 0.25) is 0 Å². The second-order valence-electron chi connectivity index (χ2n) is 3.49. The summed E-state index contributed by atoms with van der Waals surface area (Å²) in [4.78, 5) is 17.5. The highest BCUT2D eigenvalue weighted by atomic mass is 32.1. The fraction of sp³-hybridized carbons (Fsp3) is 0.273. The average Bonchev–Trinajstić information content (AvgIpc) is 2.60. The largest absolute Gasteiger partial charge is 0.354 e. The number of nitrogens with zero attached hydrogens (tertiary/aromatic N) is 1. The summed E-state index contributed by atoms with van der Waals surface area (Å²) >= 11 is 1.44. The fourth-order valence-electron chi connectivity index (χ4n) is 1.57. The van der Waals surface area contributed by atoms with E-state index in [1.807, 2.05) is 26.0 Å². The highest BCUT2D eigenvalue weighted by Crippen LogP contribution is 2.26. The molecule has 15 heavy (non-hydrogen) atoms. The topological polar surface area (TPSA) is 42.0 Å². The van der Waals surface area contributed by atoms with Crippen molar-refractivity contribution in [3.8, 4) is 0 Å². The number of rotatable bonds is 1. The van der Waals surface area contributed by atoms with Gasteiger partial charge in [0, 0.05) is 18.1 Å². The van der Waals surface area contributed by atoms with Crippen LogP contribution >= 0.6 is 11.3 Å². The van der Waals surface area contributed by atoms with E-state index >= 15 is 0 Å². The highest BCUT2D eigenvalue weighted by molar-refractivity contribution is 7.20. The lowest BCUT2D eigenvalue weighted by Crippen LogP contribution is -2.15. The first-order valence-electron chi connectivity index (χ1n) is 4.71. The second kappa shape index (κ2) is 3.62. The molecule has 0 saturated heterocycles. The third-order valence-electron chi connectivity index (χ3n) is 2.29. The maximum absolute atomic E-state index is 11.5. The normalized spacial score (nSPS) is 10.6. The van der Waals surface area contributed by atoms with Crippen LogP contribution in [0, 0.1) is 13.8 Å². The molecule has 4 heteroatoms. The van der Waals surface area contributed by atoms with Crippen molar-refractivity contribution < 1.29 is 4.79 Å². The van der Waals surface area contributed by atoms with E-state index in [0.717, 1.165) is 15.9 Å². The Hall–Kier alpha value is -1.42. The van der Waals surface area contributed by atoms with Crippen LogP contribution in [0.5, 0.6) is 0 Å². The minimum Gasteiger partial charge on any atom is -0.354 e. The number of pyridine rings is 1. The van der Waals surface area contributed by atoms with Gasteiger partial charge in [0.05, 0.1) is 4.88 Å². The summed E-state index contributed by atoms with van der Waals surface area (Å²) in [6.45, 7) is 4.00. The van der Waals surface area contributed by atoms with E-state index in [0.29, 0.717) is 4.88 Å².